The van der Waals surface area contributed by atoms with Gasteiger partial charge in [-0.2, -0.15) is 0 Å². The molecular formula is C8H17N5. The Morgan fingerprint density at radius 3 is 2.54 bits per heavy atom. The Labute approximate surface area is 78.5 Å². The van der Waals surface area contributed by atoms with Crippen molar-refractivity contribution in [3.63, 3.8) is 0 Å². The van der Waals surface area contributed by atoms with Crippen LogP contribution in [0.5, 0.6) is 0 Å². The molecule has 0 atom stereocenters. The number of nitrogens with zero attached hydrogens (tertiary/aromatic N) is 4. The molecule has 0 radical (unpaired) electrons. The quantitative estimate of drug-likeness (QED) is 0.761. The Hall–Kier alpha value is -1.13. The third-order valence-corrected chi connectivity index (χ3v) is 1.78. The zero-order valence-electron chi connectivity index (χ0n) is 8.70. The molecule has 0 saturated carbocycles. The van der Waals surface area contributed by atoms with Crippen molar-refractivity contribution in [2.75, 3.05) is 11.9 Å². The monoisotopic (exact) mass is 183 g/mol. The van der Waals surface area contributed by atoms with Gasteiger partial charge in [-0.15, -0.1) is 0 Å². The number of tetrazole rings is 1. The van der Waals surface area contributed by atoms with E-state index in [1.165, 1.54) is 0 Å². The van der Waals surface area contributed by atoms with E-state index in [2.05, 4.69) is 41.6 Å². The molecule has 1 aromatic rings. The first-order valence-electron chi connectivity index (χ1n) is 4.45. The van der Waals surface area contributed by atoms with Gasteiger partial charge in [-0.1, -0.05) is 25.9 Å². The summed E-state index contributed by atoms with van der Waals surface area (Å²) < 4.78 is 1.63. The molecule has 1 rings (SSSR count). The minimum Gasteiger partial charge on any atom is -0.353 e. The first-order valence-corrected chi connectivity index (χ1v) is 4.45. The van der Waals surface area contributed by atoms with Gasteiger partial charge in [0.05, 0.1) is 0 Å². The highest BCUT2D eigenvalue weighted by molar-refractivity contribution is 5.20. The van der Waals surface area contributed by atoms with E-state index in [1.54, 1.807) is 4.68 Å². The van der Waals surface area contributed by atoms with Crippen LogP contribution in [0.1, 0.15) is 27.2 Å². The maximum atomic E-state index is 3.83. The van der Waals surface area contributed by atoms with Crippen molar-refractivity contribution in [1.29, 1.82) is 0 Å². The summed E-state index contributed by atoms with van der Waals surface area (Å²) in [7, 11) is 1.82. The SMILES string of the molecule is Cn1nnnc1NCCC(C)(C)C. The second-order valence-electron chi connectivity index (χ2n) is 4.36. The van der Waals surface area contributed by atoms with Crippen LogP contribution in [0, 0.1) is 5.41 Å². The zero-order chi connectivity index (χ0) is 9.90. The molecule has 5 nitrogen and oxygen atoms in total. The third kappa shape index (κ3) is 3.40. The average Bonchev–Trinajstić information content (AvgIpc) is 2.34. The Balaban J connectivity index is 2.32. The van der Waals surface area contributed by atoms with Gasteiger partial charge in [0, 0.05) is 13.6 Å². The fourth-order valence-electron chi connectivity index (χ4n) is 0.929. The van der Waals surface area contributed by atoms with Gasteiger partial charge in [0.2, 0.25) is 5.95 Å². The molecule has 0 aliphatic rings. The van der Waals surface area contributed by atoms with Crippen LogP contribution in [-0.4, -0.2) is 26.8 Å². The molecule has 13 heavy (non-hydrogen) atoms. The minimum absolute atomic E-state index is 0.346. The smallest absolute Gasteiger partial charge is 0.242 e. The summed E-state index contributed by atoms with van der Waals surface area (Å²) in [5.74, 6) is 0.726. The molecule has 0 aromatic carbocycles. The van der Waals surface area contributed by atoms with Gasteiger partial charge in [-0.25, -0.2) is 4.68 Å². The predicted molar refractivity (Wildman–Crippen MR) is 51.4 cm³/mol. The fourth-order valence-corrected chi connectivity index (χ4v) is 0.929. The summed E-state index contributed by atoms with van der Waals surface area (Å²) in [5.41, 5.74) is 0.346. The van der Waals surface area contributed by atoms with Crippen molar-refractivity contribution < 1.29 is 0 Å². The van der Waals surface area contributed by atoms with E-state index in [0.717, 1.165) is 18.9 Å². The van der Waals surface area contributed by atoms with E-state index in [9.17, 15) is 0 Å². The molecule has 0 fully saturated rings. The van der Waals surface area contributed by atoms with E-state index in [-0.39, 0.29) is 0 Å². The lowest BCUT2D eigenvalue weighted by Crippen LogP contribution is -2.14. The molecule has 1 heterocycles. The summed E-state index contributed by atoms with van der Waals surface area (Å²) >= 11 is 0. The minimum atomic E-state index is 0.346. The Kier molecular flexibility index (Phi) is 2.85. The normalized spacial score (nSPS) is 11.7. The standard InChI is InChI=1S/C8H17N5/c1-8(2,3)5-6-9-7-10-11-12-13(7)4/h5-6H2,1-4H3,(H,9,10,12). The average molecular weight is 183 g/mol. The first kappa shape index (κ1) is 9.95. The Morgan fingerprint density at radius 1 is 1.38 bits per heavy atom. The highest BCUT2D eigenvalue weighted by atomic mass is 15.6. The second-order valence-corrected chi connectivity index (χ2v) is 4.36. The molecule has 0 amide bonds. The fraction of sp³-hybridized carbons (Fsp3) is 0.875. The second kappa shape index (κ2) is 3.72. The van der Waals surface area contributed by atoms with Crippen LogP contribution in [-0.2, 0) is 7.05 Å². The van der Waals surface area contributed by atoms with Crippen LogP contribution in [0.25, 0.3) is 0 Å². The van der Waals surface area contributed by atoms with Crippen LogP contribution in [0.3, 0.4) is 0 Å². The topological polar surface area (TPSA) is 55.6 Å². The van der Waals surface area contributed by atoms with Gasteiger partial charge in [0.1, 0.15) is 0 Å². The largest absolute Gasteiger partial charge is 0.353 e. The summed E-state index contributed by atoms with van der Waals surface area (Å²) in [5, 5.41) is 14.3. The molecule has 0 spiro atoms. The van der Waals surface area contributed by atoms with Crippen LogP contribution in [0.2, 0.25) is 0 Å². The van der Waals surface area contributed by atoms with Crippen LogP contribution in [0.4, 0.5) is 5.95 Å². The molecule has 1 aromatic heterocycles. The van der Waals surface area contributed by atoms with Crippen LogP contribution in [0.15, 0.2) is 0 Å². The van der Waals surface area contributed by atoms with Crippen molar-refractivity contribution in [2.24, 2.45) is 12.5 Å². The lowest BCUT2D eigenvalue weighted by Gasteiger charge is -2.17. The highest BCUT2D eigenvalue weighted by Gasteiger charge is 2.09. The summed E-state index contributed by atoms with van der Waals surface area (Å²) in [6, 6.07) is 0. The van der Waals surface area contributed by atoms with Crippen molar-refractivity contribution in [1.82, 2.24) is 20.2 Å². The number of aryl methyl sites for hydroxylation is 1. The highest BCUT2D eigenvalue weighted by Crippen LogP contribution is 2.17. The molecule has 0 aliphatic heterocycles. The van der Waals surface area contributed by atoms with E-state index in [0.29, 0.717) is 5.41 Å². The summed E-state index contributed by atoms with van der Waals surface area (Å²) in [4.78, 5) is 0. The van der Waals surface area contributed by atoms with E-state index in [4.69, 9.17) is 0 Å². The number of hydrogen-bond donors (Lipinski definition) is 1. The van der Waals surface area contributed by atoms with E-state index in [1.807, 2.05) is 7.05 Å². The van der Waals surface area contributed by atoms with E-state index < -0.39 is 0 Å². The third-order valence-electron chi connectivity index (χ3n) is 1.78. The van der Waals surface area contributed by atoms with Crippen molar-refractivity contribution >= 4 is 5.95 Å². The molecule has 0 bridgehead atoms. The van der Waals surface area contributed by atoms with Gasteiger partial charge in [-0.05, 0) is 22.3 Å². The number of hydrogen-bond acceptors (Lipinski definition) is 4. The Morgan fingerprint density at radius 2 is 2.08 bits per heavy atom. The van der Waals surface area contributed by atoms with Crippen LogP contribution >= 0.6 is 0 Å². The molecule has 0 unspecified atom stereocenters. The molecule has 0 aliphatic carbocycles. The number of anilines is 1. The maximum Gasteiger partial charge on any atom is 0.242 e. The Bertz CT molecular complexity index is 260. The van der Waals surface area contributed by atoms with Gasteiger partial charge < -0.3 is 5.32 Å². The summed E-state index contributed by atoms with van der Waals surface area (Å²) in [6.45, 7) is 7.54. The maximum absolute atomic E-state index is 3.83. The number of rotatable bonds is 3. The molecule has 74 valence electrons. The van der Waals surface area contributed by atoms with Crippen molar-refractivity contribution in [2.45, 2.75) is 27.2 Å². The van der Waals surface area contributed by atoms with Gasteiger partial charge in [0.25, 0.3) is 0 Å². The van der Waals surface area contributed by atoms with Gasteiger partial charge in [0.15, 0.2) is 0 Å². The molecule has 0 saturated heterocycles. The molecule has 5 heteroatoms. The molecular weight excluding hydrogens is 166 g/mol. The summed E-state index contributed by atoms with van der Waals surface area (Å²) in [6.07, 6.45) is 1.10. The zero-order valence-corrected chi connectivity index (χ0v) is 8.70. The first-order chi connectivity index (χ1) is 5.99. The van der Waals surface area contributed by atoms with Gasteiger partial charge in [-0.3, -0.25) is 0 Å². The van der Waals surface area contributed by atoms with Crippen molar-refractivity contribution in [3.05, 3.63) is 0 Å². The number of aromatic nitrogens is 4. The lowest BCUT2D eigenvalue weighted by molar-refractivity contribution is 0.389. The molecule has 1 N–H and O–H groups in total. The van der Waals surface area contributed by atoms with Crippen LogP contribution < -0.4 is 5.32 Å². The number of nitrogens with one attached hydrogen (secondary N) is 1. The van der Waals surface area contributed by atoms with Crippen molar-refractivity contribution in [3.8, 4) is 0 Å². The van der Waals surface area contributed by atoms with E-state index >= 15 is 0 Å². The predicted octanol–water partition coefficient (Wildman–Crippen LogP) is 1.06. The lowest BCUT2D eigenvalue weighted by atomic mass is 9.92. The van der Waals surface area contributed by atoms with Gasteiger partial charge >= 0.3 is 0 Å².